The smallest absolute Gasteiger partial charge is 0.204 e. The van der Waals surface area contributed by atoms with Crippen LogP contribution in [0.2, 0.25) is 0 Å². The number of benzene rings is 1. The maximum Gasteiger partial charge on any atom is 0.204 e. The minimum atomic E-state index is 0.577. The number of anilines is 1. The highest BCUT2D eigenvalue weighted by Gasteiger charge is 2.00. The van der Waals surface area contributed by atoms with Gasteiger partial charge in [0.2, 0.25) is 5.13 Å². The summed E-state index contributed by atoms with van der Waals surface area (Å²) in [5, 5.41) is 10.9. The van der Waals surface area contributed by atoms with Crippen molar-refractivity contribution >= 4 is 28.7 Å². The van der Waals surface area contributed by atoms with Gasteiger partial charge in [-0.25, -0.2) is 0 Å². The van der Waals surface area contributed by atoms with E-state index in [-0.39, 0.29) is 0 Å². The number of hydrogen-bond acceptors (Lipinski definition) is 4. The lowest BCUT2D eigenvalue weighted by Gasteiger charge is -2.07. The molecule has 90 valence electrons. The molecule has 0 radical (unpaired) electrons. The van der Waals surface area contributed by atoms with Crippen LogP contribution < -0.4 is 5.32 Å². The summed E-state index contributed by atoms with van der Waals surface area (Å²) in [6.07, 6.45) is 0. The SMILES string of the molecule is CC(C)c1ccc(CNc2n[nH]c(=S)s2)cc1. The molecule has 3 nitrogen and oxygen atoms in total. The minimum absolute atomic E-state index is 0.577. The summed E-state index contributed by atoms with van der Waals surface area (Å²) in [7, 11) is 0. The number of aromatic nitrogens is 2. The Balaban J connectivity index is 1.97. The first-order valence-electron chi connectivity index (χ1n) is 5.53. The Morgan fingerprint density at radius 1 is 1.35 bits per heavy atom. The van der Waals surface area contributed by atoms with Gasteiger partial charge in [-0.05, 0) is 29.3 Å². The summed E-state index contributed by atoms with van der Waals surface area (Å²) in [5.41, 5.74) is 2.61. The highest BCUT2D eigenvalue weighted by molar-refractivity contribution is 7.73. The van der Waals surface area contributed by atoms with Crippen LogP contribution in [0.25, 0.3) is 0 Å². The lowest BCUT2D eigenvalue weighted by Crippen LogP contribution is -1.99. The molecule has 0 saturated heterocycles. The monoisotopic (exact) mass is 265 g/mol. The van der Waals surface area contributed by atoms with Crippen molar-refractivity contribution in [2.24, 2.45) is 0 Å². The fourth-order valence-corrected chi connectivity index (χ4v) is 2.29. The zero-order valence-electron chi connectivity index (χ0n) is 9.86. The molecule has 0 fully saturated rings. The van der Waals surface area contributed by atoms with Crippen molar-refractivity contribution in [2.45, 2.75) is 26.3 Å². The van der Waals surface area contributed by atoms with E-state index in [1.165, 1.54) is 22.5 Å². The zero-order chi connectivity index (χ0) is 12.3. The quantitative estimate of drug-likeness (QED) is 0.823. The van der Waals surface area contributed by atoms with Gasteiger partial charge in [-0.2, -0.15) is 0 Å². The fourth-order valence-electron chi connectivity index (χ4n) is 1.50. The summed E-state index contributed by atoms with van der Waals surface area (Å²) in [6, 6.07) is 8.64. The van der Waals surface area contributed by atoms with E-state index in [2.05, 4.69) is 53.6 Å². The normalized spacial score (nSPS) is 10.8. The Kier molecular flexibility index (Phi) is 3.91. The number of nitrogens with zero attached hydrogens (tertiary/aromatic N) is 1. The minimum Gasteiger partial charge on any atom is -0.356 e. The molecular weight excluding hydrogens is 250 g/mol. The van der Waals surface area contributed by atoms with Crippen LogP contribution in [0.1, 0.15) is 30.9 Å². The van der Waals surface area contributed by atoms with Gasteiger partial charge in [0.1, 0.15) is 0 Å². The highest BCUT2D eigenvalue weighted by atomic mass is 32.1. The number of H-pyrrole nitrogens is 1. The predicted molar refractivity (Wildman–Crippen MR) is 75.2 cm³/mol. The molecule has 0 amide bonds. The Labute approximate surface area is 110 Å². The first kappa shape index (κ1) is 12.3. The number of aromatic amines is 1. The van der Waals surface area contributed by atoms with E-state index in [1.54, 1.807) is 0 Å². The topological polar surface area (TPSA) is 40.7 Å². The van der Waals surface area contributed by atoms with Crippen LogP contribution in [0.3, 0.4) is 0 Å². The average Bonchev–Trinajstić information content (AvgIpc) is 2.73. The van der Waals surface area contributed by atoms with Crippen LogP contribution in [0.5, 0.6) is 0 Å². The van der Waals surface area contributed by atoms with Crippen molar-refractivity contribution < 1.29 is 0 Å². The van der Waals surface area contributed by atoms with Gasteiger partial charge < -0.3 is 5.32 Å². The molecule has 0 aliphatic heterocycles. The van der Waals surface area contributed by atoms with E-state index >= 15 is 0 Å². The average molecular weight is 265 g/mol. The first-order chi connectivity index (χ1) is 8.15. The van der Waals surface area contributed by atoms with Gasteiger partial charge in [0.05, 0.1) is 0 Å². The molecule has 1 heterocycles. The van der Waals surface area contributed by atoms with Crippen molar-refractivity contribution in [2.75, 3.05) is 5.32 Å². The summed E-state index contributed by atoms with van der Waals surface area (Å²) >= 11 is 6.42. The number of hydrogen-bond donors (Lipinski definition) is 2. The Bertz CT molecular complexity index is 525. The molecule has 2 rings (SSSR count). The molecule has 17 heavy (non-hydrogen) atoms. The van der Waals surface area contributed by atoms with Crippen LogP contribution in [-0.2, 0) is 6.54 Å². The van der Waals surface area contributed by atoms with Gasteiger partial charge in [0, 0.05) is 6.54 Å². The summed E-state index contributed by atoms with van der Waals surface area (Å²) in [6.45, 7) is 5.17. The van der Waals surface area contributed by atoms with E-state index in [9.17, 15) is 0 Å². The van der Waals surface area contributed by atoms with Crippen LogP contribution in [0.4, 0.5) is 5.13 Å². The van der Waals surface area contributed by atoms with Gasteiger partial charge in [-0.15, -0.1) is 5.10 Å². The Hall–Kier alpha value is -1.20. The molecule has 0 unspecified atom stereocenters. The molecule has 2 aromatic rings. The molecule has 0 bridgehead atoms. The number of rotatable bonds is 4. The van der Waals surface area contributed by atoms with Gasteiger partial charge in [0.25, 0.3) is 0 Å². The van der Waals surface area contributed by atoms with Gasteiger partial charge in [-0.1, -0.05) is 49.4 Å². The van der Waals surface area contributed by atoms with Crippen molar-refractivity contribution in [1.29, 1.82) is 0 Å². The summed E-state index contributed by atoms with van der Waals surface area (Å²) < 4.78 is 0.697. The lowest BCUT2D eigenvalue weighted by atomic mass is 10.0. The second-order valence-electron chi connectivity index (χ2n) is 4.17. The third kappa shape index (κ3) is 3.38. The maximum absolute atomic E-state index is 4.97. The summed E-state index contributed by atoms with van der Waals surface area (Å²) in [5.74, 6) is 0.577. The second kappa shape index (κ2) is 5.42. The molecule has 2 N–H and O–H groups in total. The molecule has 1 aromatic heterocycles. The van der Waals surface area contributed by atoms with Gasteiger partial charge in [-0.3, -0.25) is 5.10 Å². The molecule has 0 aliphatic carbocycles. The third-order valence-electron chi connectivity index (χ3n) is 2.53. The molecular formula is C12H15N3S2. The molecule has 0 saturated carbocycles. The molecule has 1 aromatic carbocycles. The molecule has 0 spiro atoms. The maximum atomic E-state index is 4.97. The van der Waals surface area contributed by atoms with Gasteiger partial charge >= 0.3 is 0 Å². The van der Waals surface area contributed by atoms with Crippen LogP contribution in [0.15, 0.2) is 24.3 Å². The first-order valence-corrected chi connectivity index (χ1v) is 6.76. The van der Waals surface area contributed by atoms with Gasteiger partial charge in [0.15, 0.2) is 3.95 Å². The molecule has 0 atom stereocenters. The molecule has 0 aliphatic rings. The van der Waals surface area contributed by atoms with Crippen molar-refractivity contribution in [1.82, 2.24) is 10.2 Å². The van der Waals surface area contributed by atoms with E-state index in [4.69, 9.17) is 12.2 Å². The van der Waals surface area contributed by atoms with E-state index in [0.717, 1.165) is 11.7 Å². The highest BCUT2D eigenvalue weighted by Crippen LogP contribution is 2.16. The standard InChI is InChI=1S/C12H15N3S2/c1-8(2)10-5-3-9(4-6-10)7-13-11-14-15-12(16)17-11/h3-6,8H,7H2,1-2H3,(H,13,14)(H,15,16). The third-order valence-corrected chi connectivity index (χ3v) is 3.58. The van der Waals surface area contributed by atoms with Crippen LogP contribution in [0, 0.1) is 3.95 Å². The number of nitrogens with one attached hydrogen (secondary N) is 2. The zero-order valence-corrected chi connectivity index (χ0v) is 11.5. The predicted octanol–water partition coefficient (Wildman–Crippen LogP) is 3.94. The van der Waals surface area contributed by atoms with Crippen molar-refractivity contribution in [3.8, 4) is 0 Å². The Morgan fingerprint density at radius 3 is 2.59 bits per heavy atom. The fraction of sp³-hybridized carbons (Fsp3) is 0.333. The largest absolute Gasteiger partial charge is 0.356 e. The Morgan fingerprint density at radius 2 is 2.06 bits per heavy atom. The second-order valence-corrected chi connectivity index (χ2v) is 5.83. The van der Waals surface area contributed by atoms with E-state index < -0.39 is 0 Å². The summed E-state index contributed by atoms with van der Waals surface area (Å²) in [4.78, 5) is 0. The van der Waals surface area contributed by atoms with E-state index in [1.807, 2.05) is 0 Å². The van der Waals surface area contributed by atoms with Crippen LogP contribution in [-0.4, -0.2) is 10.2 Å². The van der Waals surface area contributed by atoms with Crippen molar-refractivity contribution in [3.63, 3.8) is 0 Å². The van der Waals surface area contributed by atoms with Crippen molar-refractivity contribution in [3.05, 3.63) is 39.3 Å². The van der Waals surface area contributed by atoms with Crippen LogP contribution >= 0.6 is 23.6 Å². The molecule has 5 heteroatoms. The van der Waals surface area contributed by atoms with E-state index in [0.29, 0.717) is 9.87 Å². The lowest BCUT2D eigenvalue weighted by molar-refractivity contribution is 0.865.